The van der Waals surface area contributed by atoms with Crippen molar-refractivity contribution in [2.24, 2.45) is 0 Å². The maximum absolute atomic E-state index is 5.27. The topological polar surface area (TPSA) is 21.8 Å². The number of halogens is 1. The van der Waals surface area contributed by atoms with Gasteiger partial charge in [-0.05, 0) is 12.1 Å². The first-order valence-electron chi connectivity index (χ1n) is 4.24. The Bertz CT molecular complexity index is 308. The molecule has 2 rings (SSSR count). The number of rotatable bonds is 3. The molecule has 0 saturated carbocycles. The Morgan fingerprint density at radius 2 is 2.38 bits per heavy atom. The van der Waals surface area contributed by atoms with Crippen LogP contribution in [0.5, 0.6) is 5.75 Å². The van der Waals surface area contributed by atoms with Gasteiger partial charge in [0.05, 0.1) is 19.8 Å². The van der Waals surface area contributed by atoms with Crippen LogP contribution >= 0.6 is 15.9 Å². The van der Waals surface area contributed by atoms with Crippen molar-refractivity contribution in [1.29, 1.82) is 0 Å². The normalized spacial score (nSPS) is 20.0. The van der Waals surface area contributed by atoms with E-state index in [1.165, 1.54) is 5.56 Å². The van der Waals surface area contributed by atoms with Gasteiger partial charge in [-0.15, -0.1) is 0 Å². The summed E-state index contributed by atoms with van der Waals surface area (Å²) in [5.41, 5.74) is 1.20. The van der Waals surface area contributed by atoms with Crippen molar-refractivity contribution in [3.8, 4) is 5.75 Å². The Hall–Kier alpha value is -0.540. The van der Waals surface area contributed by atoms with Gasteiger partial charge in [-0.3, -0.25) is 0 Å². The number of ether oxygens (including phenoxy) is 2. The van der Waals surface area contributed by atoms with E-state index < -0.39 is 0 Å². The van der Waals surface area contributed by atoms with E-state index in [2.05, 4.69) is 15.9 Å². The van der Waals surface area contributed by atoms with Gasteiger partial charge in [0.2, 0.25) is 0 Å². The zero-order valence-electron chi connectivity index (χ0n) is 7.42. The Morgan fingerprint density at radius 3 is 3.00 bits per heavy atom. The number of hydrogen-bond donors (Lipinski definition) is 0. The molecular formula is C10H11BrO2. The first-order valence-corrected chi connectivity index (χ1v) is 5.03. The summed E-state index contributed by atoms with van der Waals surface area (Å²) < 4.78 is 11.6. The molecule has 0 spiro atoms. The molecule has 1 aliphatic heterocycles. The minimum absolute atomic E-state index is 0.396. The molecule has 1 aromatic rings. The SMILES string of the molecule is COc1cccc(Br)c1CC1CO1. The van der Waals surface area contributed by atoms with Gasteiger partial charge in [-0.25, -0.2) is 0 Å². The molecule has 2 nitrogen and oxygen atoms in total. The molecule has 13 heavy (non-hydrogen) atoms. The Kier molecular flexibility index (Phi) is 2.56. The molecule has 0 bridgehead atoms. The molecule has 0 radical (unpaired) electrons. The predicted molar refractivity (Wildman–Crippen MR) is 54.1 cm³/mol. The molecule has 1 saturated heterocycles. The van der Waals surface area contributed by atoms with Crippen LogP contribution in [0.3, 0.4) is 0 Å². The van der Waals surface area contributed by atoms with Crippen LogP contribution in [-0.4, -0.2) is 19.8 Å². The van der Waals surface area contributed by atoms with Crippen LogP contribution in [0.4, 0.5) is 0 Å². The zero-order valence-corrected chi connectivity index (χ0v) is 9.00. The van der Waals surface area contributed by atoms with E-state index in [1.54, 1.807) is 7.11 Å². The highest BCUT2D eigenvalue weighted by Crippen LogP contribution is 2.30. The molecule has 1 atom stereocenters. The standard InChI is InChI=1S/C10H11BrO2/c1-12-10-4-2-3-9(11)8(10)5-7-6-13-7/h2-4,7H,5-6H2,1H3. The number of epoxide rings is 1. The van der Waals surface area contributed by atoms with E-state index >= 15 is 0 Å². The van der Waals surface area contributed by atoms with Crippen molar-refractivity contribution >= 4 is 15.9 Å². The summed E-state index contributed by atoms with van der Waals surface area (Å²) in [6.45, 7) is 0.879. The van der Waals surface area contributed by atoms with Crippen molar-refractivity contribution in [2.45, 2.75) is 12.5 Å². The van der Waals surface area contributed by atoms with Gasteiger partial charge < -0.3 is 9.47 Å². The Labute approximate surface area is 86.0 Å². The molecule has 0 aliphatic carbocycles. The quantitative estimate of drug-likeness (QED) is 0.760. The molecule has 1 aromatic carbocycles. The maximum Gasteiger partial charge on any atom is 0.123 e. The number of benzene rings is 1. The van der Waals surface area contributed by atoms with Gasteiger partial charge in [-0.1, -0.05) is 22.0 Å². The van der Waals surface area contributed by atoms with E-state index in [1.807, 2.05) is 18.2 Å². The van der Waals surface area contributed by atoms with Gasteiger partial charge >= 0.3 is 0 Å². The molecular weight excluding hydrogens is 232 g/mol. The lowest BCUT2D eigenvalue weighted by atomic mass is 10.1. The van der Waals surface area contributed by atoms with Crippen LogP contribution in [0.15, 0.2) is 22.7 Å². The monoisotopic (exact) mass is 242 g/mol. The van der Waals surface area contributed by atoms with Crippen LogP contribution in [0, 0.1) is 0 Å². The van der Waals surface area contributed by atoms with Gasteiger partial charge in [0.15, 0.2) is 0 Å². The molecule has 0 amide bonds. The lowest BCUT2D eigenvalue weighted by Crippen LogP contribution is -1.98. The van der Waals surface area contributed by atoms with Crippen LogP contribution in [0.2, 0.25) is 0 Å². The fourth-order valence-corrected chi connectivity index (χ4v) is 1.85. The molecule has 1 fully saturated rings. The zero-order chi connectivity index (χ0) is 9.26. The second-order valence-corrected chi connectivity index (χ2v) is 3.93. The summed E-state index contributed by atoms with van der Waals surface area (Å²) in [5.74, 6) is 0.935. The van der Waals surface area contributed by atoms with Crippen LogP contribution in [0.1, 0.15) is 5.56 Å². The largest absolute Gasteiger partial charge is 0.496 e. The second kappa shape index (κ2) is 3.68. The third-order valence-electron chi connectivity index (χ3n) is 2.13. The average molecular weight is 243 g/mol. The van der Waals surface area contributed by atoms with Crippen molar-refractivity contribution < 1.29 is 9.47 Å². The minimum Gasteiger partial charge on any atom is -0.496 e. The lowest BCUT2D eigenvalue weighted by Gasteiger charge is -2.08. The molecule has 3 heteroatoms. The molecule has 0 N–H and O–H groups in total. The van der Waals surface area contributed by atoms with Crippen LogP contribution in [0.25, 0.3) is 0 Å². The number of methoxy groups -OCH3 is 1. The van der Waals surface area contributed by atoms with Crippen molar-refractivity contribution in [1.82, 2.24) is 0 Å². The molecule has 1 unspecified atom stereocenters. The highest BCUT2D eigenvalue weighted by atomic mass is 79.9. The first kappa shape index (κ1) is 9.03. The fourth-order valence-electron chi connectivity index (χ4n) is 1.34. The fraction of sp³-hybridized carbons (Fsp3) is 0.400. The minimum atomic E-state index is 0.396. The first-order chi connectivity index (χ1) is 6.31. The van der Waals surface area contributed by atoms with E-state index in [0.29, 0.717) is 6.10 Å². The van der Waals surface area contributed by atoms with E-state index in [4.69, 9.17) is 9.47 Å². The highest BCUT2D eigenvalue weighted by Gasteiger charge is 2.25. The van der Waals surface area contributed by atoms with Crippen molar-refractivity contribution in [3.63, 3.8) is 0 Å². The van der Waals surface area contributed by atoms with E-state index in [-0.39, 0.29) is 0 Å². The molecule has 1 aliphatic rings. The maximum atomic E-state index is 5.27. The summed E-state index contributed by atoms with van der Waals surface area (Å²) in [6, 6.07) is 5.98. The van der Waals surface area contributed by atoms with E-state index in [9.17, 15) is 0 Å². The smallest absolute Gasteiger partial charge is 0.123 e. The van der Waals surface area contributed by atoms with Gasteiger partial charge in [0, 0.05) is 16.5 Å². The average Bonchev–Trinajstić information content (AvgIpc) is 2.92. The van der Waals surface area contributed by atoms with Crippen molar-refractivity contribution in [2.75, 3.05) is 13.7 Å². The summed E-state index contributed by atoms with van der Waals surface area (Å²) in [7, 11) is 1.69. The predicted octanol–water partition coefficient (Wildman–Crippen LogP) is 2.40. The van der Waals surface area contributed by atoms with Gasteiger partial charge in [-0.2, -0.15) is 0 Å². The van der Waals surface area contributed by atoms with Crippen LogP contribution < -0.4 is 4.74 Å². The highest BCUT2D eigenvalue weighted by molar-refractivity contribution is 9.10. The summed E-state index contributed by atoms with van der Waals surface area (Å²) in [4.78, 5) is 0. The van der Waals surface area contributed by atoms with E-state index in [0.717, 1.165) is 23.2 Å². The van der Waals surface area contributed by atoms with Gasteiger partial charge in [0.1, 0.15) is 5.75 Å². The third-order valence-corrected chi connectivity index (χ3v) is 2.87. The summed E-state index contributed by atoms with van der Waals surface area (Å²) in [5, 5.41) is 0. The van der Waals surface area contributed by atoms with Crippen LogP contribution in [-0.2, 0) is 11.2 Å². The summed E-state index contributed by atoms with van der Waals surface area (Å²) >= 11 is 3.51. The Balaban J connectivity index is 2.27. The summed E-state index contributed by atoms with van der Waals surface area (Å²) in [6.07, 6.45) is 1.33. The molecule has 1 heterocycles. The van der Waals surface area contributed by atoms with Crippen molar-refractivity contribution in [3.05, 3.63) is 28.2 Å². The van der Waals surface area contributed by atoms with Gasteiger partial charge in [0.25, 0.3) is 0 Å². The Morgan fingerprint density at radius 1 is 1.62 bits per heavy atom. The molecule has 70 valence electrons. The lowest BCUT2D eigenvalue weighted by molar-refractivity contribution is 0.390. The number of hydrogen-bond acceptors (Lipinski definition) is 2. The third kappa shape index (κ3) is 2.03. The molecule has 0 aromatic heterocycles. The second-order valence-electron chi connectivity index (χ2n) is 3.08.